The summed E-state index contributed by atoms with van der Waals surface area (Å²) in [7, 11) is 0. The number of carbonyl (C=O) groups excluding carboxylic acids is 5. The second kappa shape index (κ2) is 52.1. The van der Waals surface area contributed by atoms with E-state index in [0.717, 1.165) is 188 Å². The lowest BCUT2D eigenvalue weighted by Gasteiger charge is -2.38. The Morgan fingerprint density at radius 3 is 1.14 bits per heavy atom. The van der Waals surface area contributed by atoms with Crippen molar-refractivity contribution in [2.24, 2.45) is 11.8 Å². The quantitative estimate of drug-likeness (QED) is 0.0329. The Morgan fingerprint density at radius 1 is 0.377 bits per heavy atom. The lowest BCUT2D eigenvalue weighted by molar-refractivity contribution is -0.138. The smallest absolute Gasteiger partial charge is 0.348 e. The molecule has 10 aromatic rings. The van der Waals surface area contributed by atoms with Crippen LogP contribution in [0.4, 0.5) is 48.3 Å². The van der Waals surface area contributed by atoms with E-state index in [-0.39, 0.29) is 70.5 Å². The van der Waals surface area contributed by atoms with Gasteiger partial charge in [0, 0.05) is 116 Å². The molecule has 4 aromatic carbocycles. The summed E-state index contributed by atoms with van der Waals surface area (Å²) in [5.74, 6) is 0.292. The van der Waals surface area contributed by atoms with Gasteiger partial charge in [-0.05, 0) is 256 Å². The number of carbonyl (C=O) groups is 5. The van der Waals surface area contributed by atoms with Crippen molar-refractivity contribution in [3.05, 3.63) is 288 Å². The van der Waals surface area contributed by atoms with E-state index in [1.165, 1.54) is 95.6 Å². The third-order valence-corrected chi connectivity index (χ3v) is 30.9. The molecule has 6 aromatic heterocycles. The summed E-state index contributed by atoms with van der Waals surface area (Å²) in [6.45, 7) is 15.7. The third-order valence-electron chi connectivity index (χ3n) is 24.2. The summed E-state index contributed by atoms with van der Waals surface area (Å²) in [6, 6.07) is 49.8. The van der Waals surface area contributed by atoms with Crippen LogP contribution in [-0.2, 0) is 53.2 Å². The van der Waals surface area contributed by atoms with Crippen LogP contribution in [0.3, 0.4) is 0 Å². The molecular weight excluding hydrogens is 1950 g/mol. The van der Waals surface area contributed by atoms with Gasteiger partial charge in [0.15, 0.2) is 0 Å². The molecule has 15 rings (SSSR count). The number of hydrogen-bond donors (Lipinski definition) is 2. The van der Waals surface area contributed by atoms with E-state index in [9.17, 15) is 72.3 Å². The predicted octanol–water partition coefficient (Wildman–Crippen LogP) is 28.8. The average molecular weight is 2060 g/mol. The van der Waals surface area contributed by atoms with E-state index in [4.69, 9.17) is 34.8 Å². The van der Waals surface area contributed by atoms with Crippen LogP contribution in [0.2, 0.25) is 15.2 Å². The Hall–Kier alpha value is -9.02. The molecule has 3 aliphatic heterocycles. The second-order valence-electron chi connectivity index (χ2n) is 35.1. The van der Waals surface area contributed by atoms with Crippen LogP contribution in [0.1, 0.15) is 266 Å². The molecule has 35 heteroatoms. The molecule has 5 aliphatic rings. The number of amides is 5. The first-order valence-corrected chi connectivity index (χ1v) is 52.3. The number of aromatic nitrogens is 6. The third kappa shape index (κ3) is 33.6. The Morgan fingerprint density at radius 2 is 0.732 bits per heavy atom. The standard InChI is InChI=1S/C22H26F2N2OS.2C21H23F3N2OS.C20H21F3N2OS.C19H20Cl3N3OS/c1-15-7-4-8-16(2)26(15)21(27)20-12-6-10-18(25-20)14-28-19-11-5-9-17(13-19)22(3,23)24;1-14-8-10-16(11-9-14)26-20(27)19-7-3-5-17(25-19)13-28-18-6-2-4-15(12-18)21(22,23)24;1-2-17-9-3-4-12-26(17)20(27)19-11-6-8-16(25-19)14-28-18-10-5-7-15(13-18)21(22,23)24;21-20(22,23)14-6-4-10-17(12-14)27-13-16-9-5-11-18(24-16)19(26)25-15-7-2-1-3-8-15;1-11-6-8-25(9-7-11)19(26)14-5-3-4-13(24-14)10-27-17-15(20)12(2)23-18(22)16(17)21/h5-6,9-13,15-16H,4,7-8,14H2,1-3H3;2-7,12,14,16H,8-11,13H2,1H3,(H,26,27);5-8,10-11,13,17H,2-4,9,12,14H2,1H3;4-6,9-12,15H,1-3,7-8,13H2,(H,25,26);3-5,11H,6-10H2,1-2H3. The van der Waals surface area contributed by atoms with Gasteiger partial charge in [-0.15, -0.1) is 58.8 Å². The van der Waals surface area contributed by atoms with E-state index >= 15 is 0 Å². The van der Waals surface area contributed by atoms with Gasteiger partial charge in [-0.25, -0.2) is 38.7 Å². The fourth-order valence-corrected chi connectivity index (χ4v) is 21.7. The van der Waals surface area contributed by atoms with Crippen LogP contribution < -0.4 is 10.6 Å². The molecule has 138 heavy (non-hydrogen) atoms. The fraction of sp³-hybridized carbons (Fsp3) is 0.427. The molecule has 3 unspecified atom stereocenters. The monoisotopic (exact) mass is 2060 g/mol. The number of nitrogens with one attached hydrogen (secondary N) is 2. The normalized spacial score (nSPS) is 17.7. The van der Waals surface area contributed by atoms with E-state index < -0.39 is 41.1 Å². The van der Waals surface area contributed by atoms with Crippen molar-refractivity contribution in [2.75, 3.05) is 19.6 Å². The molecule has 2 saturated carbocycles. The molecule has 2 aliphatic carbocycles. The first kappa shape index (κ1) is 109. The van der Waals surface area contributed by atoms with Crippen LogP contribution in [-0.4, -0.2) is 124 Å². The minimum Gasteiger partial charge on any atom is -0.348 e. The van der Waals surface area contributed by atoms with E-state index in [2.05, 4.69) is 75.2 Å². The number of aryl methyl sites for hydroxylation is 1. The molecule has 9 heterocycles. The van der Waals surface area contributed by atoms with Gasteiger partial charge in [0.05, 0.1) is 60.9 Å². The SMILES string of the molecule is CC1CCC(NC(=O)c2cccc(CSc3cccc(C(F)(F)F)c3)n2)CC1.CC1CCCC(C)N1C(=O)c1cccc(CSc2cccc(C(C)(F)F)c2)n1.CCC1CCCCN1C(=O)c1cccc(CSc2cccc(C(F)(F)F)c2)n1.Cc1nc(Cl)c(Cl)c(SCc2cccc(C(=O)N3CCC(C)CC3)n2)c1Cl.O=C(NC1CCCCC1)c1cccc(CSc2cccc(C(F)(F)F)c2)n1. The van der Waals surface area contributed by atoms with Crippen LogP contribution in [0.5, 0.6) is 0 Å². The number of piperidine rings is 3. The van der Waals surface area contributed by atoms with E-state index in [1.807, 2.05) is 45.0 Å². The highest BCUT2D eigenvalue weighted by molar-refractivity contribution is 7.99. The van der Waals surface area contributed by atoms with Crippen molar-refractivity contribution in [2.45, 2.75) is 272 Å². The Bertz CT molecular complexity index is 5690. The molecule has 3 saturated heterocycles. The highest BCUT2D eigenvalue weighted by atomic mass is 35.5. The number of nitrogens with zero attached hydrogens (tertiary/aromatic N) is 9. The lowest BCUT2D eigenvalue weighted by atomic mass is 9.87. The number of likely N-dealkylation sites (tertiary alicyclic amines) is 3. The largest absolute Gasteiger partial charge is 0.416 e. The molecule has 3 atom stereocenters. The molecule has 738 valence electrons. The highest BCUT2D eigenvalue weighted by Crippen LogP contribution is 2.43. The molecule has 2 N–H and O–H groups in total. The van der Waals surface area contributed by atoms with Crippen molar-refractivity contribution in [1.82, 2.24) is 55.2 Å². The second-order valence-corrected chi connectivity index (χ2v) is 41.4. The van der Waals surface area contributed by atoms with Gasteiger partial charge in [-0.3, -0.25) is 24.0 Å². The predicted molar refractivity (Wildman–Crippen MR) is 529 cm³/mol. The van der Waals surface area contributed by atoms with Crippen LogP contribution in [0, 0.1) is 18.8 Å². The molecule has 0 bridgehead atoms. The number of benzene rings is 4. The van der Waals surface area contributed by atoms with Gasteiger partial charge in [0.1, 0.15) is 33.6 Å². The Kier molecular flexibility index (Phi) is 41.3. The summed E-state index contributed by atoms with van der Waals surface area (Å²) in [5, 5.41) is 7.14. The van der Waals surface area contributed by atoms with Gasteiger partial charge in [0.25, 0.3) is 35.5 Å². The summed E-state index contributed by atoms with van der Waals surface area (Å²) < 4.78 is 142. The number of pyridine rings is 6. The van der Waals surface area contributed by atoms with Gasteiger partial charge < -0.3 is 25.3 Å². The van der Waals surface area contributed by atoms with Crippen molar-refractivity contribution in [3.63, 3.8) is 0 Å². The van der Waals surface area contributed by atoms with Crippen molar-refractivity contribution >= 4 is 123 Å². The first-order valence-electron chi connectivity index (χ1n) is 46.2. The van der Waals surface area contributed by atoms with Crippen molar-refractivity contribution < 1.29 is 72.3 Å². The van der Waals surface area contributed by atoms with Crippen molar-refractivity contribution in [1.29, 1.82) is 0 Å². The number of halogens is 14. The fourth-order valence-electron chi connectivity index (χ4n) is 16.4. The number of hydrogen-bond acceptors (Lipinski definition) is 16. The number of rotatable bonds is 24. The summed E-state index contributed by atoms with van der Waals surface area (Å²) >= 11 is 25.3. The molecule has 5 amide bonds. The molecule has 16 nitrogen and oxygen atoms in total. The lowest BCUT2D eigenvalue weighted by Crippen LogP contribution is -2.47. The zero-order chi connectivity index (χ0) is 99.4. The maximum absolute atomic E-state index is 13.5. The van der Waals surface area contributed by atoms with Crippen molar-refractivity contribution in [3.8, 4) is 0 Å². The Labute approximate surface area is 836 Å². The maximum Gasteiger partial charge on any atom is 0.416 e. The molecule has 0 radical (unpaired) electrons. The van der Waals surface area contributed by atoms with Crippen LogP contribution in [0.15, 0.2) is 213 Å². The topological polar surface area (TPSA) is 196 Å². The first-order chi connectivity index (χ1) is 65.7. The Balaban J connectivity index is 0.000000165. The van der Waals surface area contributed by atoms with Gasteiger partial charge in [-0.1, -0.05) is 136 Å². The average Bonchev–Trinajstić information content (AvgIpc) is 0.823. The summed E-state index contributed by atoms with van der Waals surface area (Å²) in [6.07, 6.45) is 5.97. The zero-order valence-electron chi connectivity index (χ0n) is 77.7. The minimum atomic E-state index is -4.36. The summed E-state index contributed by atoms with van der Waals surface area (Å²) in [5.41, 5.74) is 4.22. The number of thioether (sulfide) groups is 5. The van der Waals surface area contributed by atoms with Crippen LogP contribution >= 0.6 is 93.6 Å². The van der Waals surface area contributed by atoms with Gasteiger partial charge in [-0.2, -0.15) is 39.5 Å². The molecule has 0 spiro atoms. The van der Waals surface area contributed by atoms with Gasteiger partial charge in [0.2, 0.25) is 0 Å². The molecule has 5 fully saturated rings. The van der Waals surface area contributed by atoms with Crippen LogP contribution in [0.25, 0.3) is 0 Å². The van der Waals surface area contributed by atoms with Gasteiger partial charge >= 0.3 is 18.5 Å². The zero-order valence-corrected chi connectivity index (χ0v) is 84.1. The minimum absolute atomic E-state index is 0.00228. The summed E-state index contributed by atoms with van der Waals surface area (Å²) in [4.78, 5) is 98.6. The number of alkyl halides is 11. The highest BCUT2D eigenvalue weighted by Gasteiger charge is 2.36. The van der Waals surface area contributed by atoms with E-state index in [0.29, 0.717) is 121 Å². The molecular formula is C103H113Cl3F11N11O5S5. The van der Waals surface area contributed by atoms with E-state index in [1.54, 1.807) is 97.9 Å². The maximum atomic E-state index is 13.5.